The summed E-state index contributed by atoms with van der Waals surface area (Å²) in [7, 11) is 0. The van der Waals surface area contributed by atoms with Crippen molar-refractivity contribution in [1.29, 1.82) is 0 Å². The smallest absolute Gasteiger partial charge is 0.416 e. The maximum atomic E-state index is 13.0. The van der Waals surface area contributed by atoms with Gasteiger partial charge in [0.25, 0.3) is 0 Å². The van der Waals surface area contributed by atoms with Crippen LogP contribution in [0.4, 0.5) is 13.2 Å². The number of carboxylic acid groups (broad SMARTS) is 1. The second-order valence-corrected chi connectivity index (χ2v) is 7.78. The van der Waals surface area contributed by atoms with Crippen LogP contribution in [0, 0.1) is 0 Å². The Morgan fingerprint density at radius 2 is 1.90 bits per heavy atom. The normalized spacial score (nSPS) is 15.0. The number of halogens is 3. The van der Waals surface area contributed by atoms with Gasteiger partial charge in [-0.15, -0.1) is 0 Å². The van der Waals surface area contributed by atoms with Crippen LogP contribution in [-0.4, -0.2) is 16.1 Å². The van der Waals surface area contributed by atoms with Crippen molar-refractivity contribution in [2.45, 2.75) is 69.9 Å². The van der Waals surface area contributed by atoms with Crippen molar-refractivity contribution in [3.05, 3.63) is 64.5 Å². The molecule has 0 radical (unpaired) electrons. The van der Waals surface area contributed by atoms with Crippen molar-refractivity contribution in [3.63, 3.8) is 0 Å². The topological polar surface area (TPSA) is 50.2 Å². The fraction of sp³-hybridized carbons (Fsp3) is 0.478. The summed E-state index contributed by atoms with van der Waals surface area (Å²) in [5.41, 5.74) is 3.28. The first-order chi connectivity index (χ1) is 13.8. The zero-order valence-corrected chi connectivity index (χ0v) is 16.3. The summed E-state index contributed by atoms with van der Waals surface area (Å²) in [5.74, 6) is -1.42. The average molecular weight is 405 g/mol. The molecule has 1 heterocycles. The van der Waals surface area contributed by atoms with E-state index in [1.165, 1.54) is 30.2 Å². The van der Waals surface area contributed by atoms with Crippen LogP contribution in [0.2, 0.25) is 0 Å². The highest BCUT2D eigenvalue weighted by Gasteiger charge is 2.31. The Balaban J connectivity index is 1.59. The molecule has 1 atom stereocenters. The molecule has 1 aliphatic carbocycles. The Bertz CT molecular complexity index is 848. The van der Waals surface area contributed by atoms with Crippen molar-refractivity contribution in [1.82, 2.24) is 4.98 Å². The van der Waals surface area contributed by atoms with Gasteiger partial charge in [0.15, 0.2) is 0 Å². The molecule has 0 bridgehead atoms. The van der Waals surface area contributed by atoms with Crippen LogP contribution in [0.25, 0.3) is 0 Å². The van der Waals surface area contributed by atoms with Gasteiger partial charge in [-0.05, 0) is 74.1 Å². The molecule has 0 saturated heterocycles. The molecule has 1 aromatic carbocycles. The fourth-order valence-electron chi connectivity index (χ4n) is 4.03. The van der Waals surface area contributed by atoms with Gasteiger partial charge in [-0.1, -0.05) is 30.7 Å². The zero-order chi connectivity index (χ0) is 20.9. The van der Waals surface area contributed by atoms with Crippen LogP contribution in [0.3, 0.4) is 0 Å². The molecular weight excluding hydrogens is 379 g/mol. The number of nitrogens with zero attached hydrogens (tertiary/aromatic N) is 1. The molecule has 0 aliphatic heterocycles. The molecule has 1 aliphatic rings. The number of unbranched alkanes of at least 4 members (excludes halogenated alkanes) is 1. The van der Waals surface area contributed by atoms with Gasteiger partial charge >= 0.3 is 12.1 Å². The Kier molecular flexibility index (Phi) is 6.93. The first-order valence-electron chi connectivity index (χ1n) is 10.2. The van der Waals surface area contributed by atoms with E-state index in [2.05, 4.69) is 12.1 Å². The Labute approximate surface area is 169 Å². The van der Waals surface area contributed by atoms with Gasteiger partial charge in [-0.25, -0.2) is 0 Å². The van der Waals surface area contributed by atoms with Crippen LogP contribution in [-0.2, 0) is 30.2 Å². The van der Waals surface area contributed by atoms with Gasteiger partial charge in [0, 0.05) is 11.4 Å². The zero-order valence-electron chi connectivity index (χ0n) is 16.3. The molecular formula is C23H26F3NO2. The van der Waals surface area contributed by atoms with E-state index in [9.17, 15) is 23.1 Å². The third-order valence-electron chi connectivity index (χ3n) is 5.58. The largest absolute Gasteiger partial charge is 0.481 e. The maximum Gasteiger partial charge on any atom is 0.416 e. The third kappa shape index (κ3) is 6.05. The predicted octanol–water partition coefficient (Wildman–Crippen LogP) is 5.95. The number of hydrogen-bond donors (Lipinski definition) is 1. The number of aromatic nitrogens is 1. The highest BCUT2D eigenvalue weighted by molar-refractivity contribution is 5.68. The minimum atomic E-state index is -4.43. The number of hydrogen-bond acceptors (Lipinski definition) is 2. The van der Waals surface area contributed by atoms with Crippen molar-refractivity contribution in [2.24, 2.45) is 0 Å². The van der Waals surface area contributed by atoms with E-state index in [0.717, 1.165) is 49.9 Å². The second-order valence-electron chi connectivity index (χ2n) is 7.78. The minimum absolute atomic E-state index is 0.168. The Morgan fingerprint density at radius 3 is 2.66 bits per heavy atom. The van der Waals surface area contributed by atoms with E-state index in [0.29, 0.717) is 12.0 Å². The number of benzene rings is 1. The van der Waals surface area contributed by atoms with Gasteiger partial charge in [-0.3, -0.25) is 9.78 Å². The summed E-state index contributed by atoms with van der Waals surface area (Å²) in [5, 5.41) is 9.19. The molecule has 156 valence electrons. The van der Waals surface area contributed by atoms with Crippen molar-refractivity contribution in [2.75, 3.05) is 0 Å². The predicted molar refractivity (Wildman–Crippen MR) is 105 cm³/mol. The van der Waals surface area contributed by atoms with E-state index in [4.69, 9.17) is 4.98 Å². The van der Waals surface area contributed by atoms with Gasteiger partial charge < -0.3 is 5.11 Å². The molecule has 6 heteroatoms. The quantitative estimate of drug-likeness (QED) is 0.552. The molecule has 1 unspecified atom stereocenters. The van der Waals surface area contributed by atoms with Crippen molar-refractivity contribution in [3.8, 4) is 0 Å². The summed E-state index contributed by atoms with van der Waals surface area (Å²) in [6.45, 7) is 0. The summed E-state index contributed by atoms with van der Waals surface area (Å²) in [6, 6.07) is 9.26. The van der Waals surface area contributed by atoms with Crippen LogP contribution in [0.15, 0.2) is 36.4 Å². The van der Waals surface area contributed by atoms with Gasteiger partial charge in [0.2, 0.25) is 0 Å². The summed E-state index contributed by atoms with van der Waals surface area (Å²) in [6.07, 6.45) is 2.84. The van der Waals surface area contributed by atoms with E-state index in [-0.39, 0.29) is 6.42 Å². The average Bonchev–Trinajstić information content (AvgIpc) is 2.69. The Morgan fingerprint density at radius 1 is 1.10 bits per heavy atom. The van der Waals surface area contributed by atoms with Crippen LogP contribution >= 0.6 is 0 Å². The monoisotopic (exact) mass is 405 g/mol. The molecule has 3 rings (SSSR count). The number of aryl methyl sites for hydroxylation is 3. The molecule has 3 nitrogen and oxygen atoms in total. The summed E-state index contributed by atoms with van der Waals surface area (Å²) < 4.78 is 39.0. The number of rotatable bonds is 8. The lowest BCUT2D eigenvalue weighted by Gasteiger charge is -2.18. The molecule has 2 aromatic rings. The number of fused-ring (bicyclic) bond motifs is 1. The van der Waals surface area contributed by atoms with Crippen molar-refractivity contribution >= 4 is 5.97 Å². The molecule has 0 saturated carbocycles. The van der Waals surface area contributed by atoms with Crippen LogP contribution in [0.1, 0.15) is 72.5 Å². The van der Waals surface area contributed by atoms with Crippen LogP contribution in [0.5, 0.6) is 0 Å². The van der Waals surface area contributed by atoms with E-state index in [1.807, 2.05) is 0 Å². The minimum Gasteiger partial charge on any atom is -0.481 e. The number of pyridine rings is 1. The van der Waals surface area contributed by atoms with Crippen molar-refractivity contribution < 1.29 is 23.1 Å². The van der Waals surface area contributed by atoms with E-state index >= 15 is 0 Å². The standard InChI is InChI=1S/C23H26F3NO2/c24-23(25,26)19-9-5-8-17(14-19)18(15-22(28)29)7-1-3-10-20-13-12-16-6-2-4-11-21(16)27-20/h5,8-9,12-14,18H,1-4,6-7,10-11,15H2,(H,28,29). The maximum absolute atomic E-state index is 13.0. The summed E-state index contributed by atoms with van der Waals surface area (Å²) >= 11 is 0. The van der Waals surface area contributed by atoms with Crippen LogP contribution < -0.4 is 0 Å². The lowest BCUT2D eigenvalue weighted by molar-refractivity contribution is -0.138. The molecule has 1 aromatic heterocycles. The summed E-state index contributed by atoms with van der Waals surface area (Å²) in [4.78, 5) is 16.0. The van der Waals surface area contributed by atoms with Gasteiger partial charge in [-0.2, -0.15) is 13.2 Å². The first kappa shape index (κ1) is 21.3. The highest BCUT2D eigenvalue weighted by Crippen LogP contribution is 2.33. The lowest BCUT2D eigenvalue weighted by Crippen LogP contribution is -2.10. The fourth-order valence-corrected chi connectivity index (χ4v) is 4.03. The van der Waals surface area contributed by atoms with Gasteiger partial charge in [0.1, 0.15) is 0 Å². The Hall–Kier alpha value is -2.37. The van der Waals surface area contributed by atoms with Gasteiger partial charge in [0.05, 0.1) is 12.0 Å². The molecule has 1 N–H and O–H groups in total. The molecule has 29 heavy (non-hydrogen) atoms. The van der Waals surface area contributed by atoms with E-state index in [1.54, 1.807) is 6.07 Å². The number of carboxylic acids is 1. The second kappa shape index (κ2) is 9.42. The number of carbonyl (C=O) groups is 1. The third-order valence-corrected chi connectivity index (χ3v) is 5.58. The first-order valence-corrected chi connectivity index (χ1v) is 10.2. The van der Waals surface area contributed by atoms with E-state index < -0.39 is 23.6 Å². The molecule has 0 fully saturated rings. The molecule has 0 spiro atoms. The SMILES string of the molecule is O=C(O)CC(CCCCc1ccc2c(n1)CCCC2)c1cccc(C(F)(F)F)c1. The number of alkyl halides is 3. The highest BCUT2D eigenvalue weighted by atomic mass is 19.4. The lowest BCUT2D eigenvalue weighted by atomic mass is 9.89. The molecule has 0 amide bonds. The number of aliphatic carboxylic acids is 1.